The number of rotatable bonds is 6. The third-order valence-electron chi connectivity index (χ3n) is 6.70. The SMILES string of the molecule is C.COc1cc(/C=C2\CCCN3C2=NO[C@]3(CN(C)C(=O)O)c2ccc(F)cc2)ccc1-n1cnc(C)c1. The van der Waals surface area contributed by atoms with E-state index in [2.05, 4.69) is 10.1 Å². The summed E-state index contributed by atoms with van der Waals surface area (Å²) in [7, 11) is 3.11. The van der Waals surface area contributed by atoms with Crippen molar-refractivity contribution in [1.29, 1.82) is 0 Å². The minimum Gasteiger partial charge on any atom is -0.495 e. The van der Waals surface area contributed by atoms with Crippen LogP contribution in [0.15, 0.2) is 65.7 Å². The second-order valence-electron chi connectivity index (χ2n) is 9.21. The molecule has 2 aliphatic heterocycles. The normalized spacial score (nSPS) is 19.3. The number of oxime groups is 1. The Morgan fingerprint density at radius 1 is 1.29 bits per heavy atom. The number of benzene rings is 2. The van der Waals surface area contributed by atoms with Crippen LogP contribution in [0.2, 0.25) is 0 Å². The van der Waals surface area contributed by atoms with Crippen LogP contribution in [0.4, 0.5) is 9.18 Å². The number of amidine groups is 1. The van der Waals surface area contributed by atoms with Gasteiger partial charge < -0.3 is 29.0 Å². The van der Waals surface area contributed by atoms with Crippen LogP contribution in [0.5, 0.6) is 5.75 Å². The number of amides is 1. The highest BCUT2D eigenvalue weighted by Crippen LogP contribution is 2.41. The van der Waals surface area contributed by atoms with Crippen LogP contribution >= 0.6 is 0 Å². The van der Waals surface area contributed by atoms with Crippen LogP contribution in [-0.4, -0.2) is 63.6 Å². The molecule has 1 aromatic heterocycles. The quantitative estimate of drug-likeness (QED) is 0.476. The molecule has 9 nitrogen and oxygen atoms in total. The van der Waals surface area contributed by atoms with Gasteiger partial charge in [-0.2, -0.15) is 0 Å². The highest BCUT2D eigenvalue weighted by molar-refractivity contribution is 6.03. The van der Waals surface area contributed by atoms with Crippen molar-refractivity contribution >= 4 is 18.0 Å². The first-order valence-corrected chi connectivity index (χ1v) is 11.9. The number of piperidine rings is 1. The van der Waals surface area contributed by atoms with E-state index in [0.717, 1.165) is 40.3 Å². The number of hydrogen-bond donors (Lipinski definition) is 1. The molecule has 0 saturated carbocycles. The number of ether oxygens (including phenoxy) is 1. The molecule has 200 valence electrons. The molecule has 1 saturated heterocycles. The first-order chi connectivity index (χ1) is 17.8. The van der Waals surface area contributed by atoms with Crippen LogP contribution in [0.1, 0.15) is 37.1 Å². The molecule has 0 aliphatic carbocycles. The van der Waals surface area contributed by atoms with Gasteiger partial charge in [-0.3, -0.25) is 0 Å². The molecule has 1 amide bonds. The van der Waals surface area contributed by atoms with E-state index in [9.17, 15) is 14.3 Å². The minimum atomic E-state index is -1.20. The van der Waals surface area contributed by atoms with Crippen LogP contribution < -0.4 is 4.74 Å². The van der Waals surface area contributed by atoms with E-state index in [1.807, 2.05) is 46.9 Å². The van der Waals surface area contributed by atoms with E-state index >= 15 is 0 Å². The molecule has 3 aromatic rings. The van der Waals surface area contributed by atoms with Gasteiger partial charge in [0.05, 0.1) is 31.4 Å². The van der Waals surface area contributed by atoms with Crippen molar-refractivity contribution in [2.75, 3.05) is 27.2 Å². The molecule has 10 heteroatoms. The zero-order valence-electron chi connectivity index (χ0n) is 20.9. The lowest BCUT2D eigenvalue weighted by Crippen LogP contribution is -2.55. The topological polar surface area (TPSA) is 92.4 Å². The number of halogens is 1. The molecule has 1 fully saturated rings. The van der Waals surface area contributed by atoms with Gasteiger partial charge >= 0.3 is 6.09 Å². The van der Waals surface area contributed by atoms with Gasteiger partial charge in [0.25, 0.3) is 5.72 Å². The number of methoxy groups -OCH3 is 1. The maximum atomic E-state index is 13.7. The highest BCUT2D eigenvalue weighted by atomic mass is 19.1. The Labute approximate surface area is 221 Å². The second-order valence-corrected chi connectivity index (χ2v) is 9.21. The summed E-state index contributed by atoms with van der Waals surface area (Å²) in [5.41, 5.74) is 3.11. The fourth-order valence-electron chi connectivity index (χ4n) is 4.85. The van der Waals surface area contributed by atoms with Gasteiger partial charge in [-0.25, -0.2) is 14.2 Å². The predicted molar refractivity (Wildman–Crippen MR) is 143 cm³/mol. The molecule has 0 spiro atoms. The van der Waals surface area contributed by atoms with E-state index in [4.69, 9.17) is 9.57 Å². The number of imidazole rings is 1. The van der Waals surface area contributed by atoms with E-state index in [0.29, 0.717) is 23.7 Å². The number of aromatic nitrogens is 2. The number of carbonyl (C=O) groups is 1. The second kappa shape index (κ2) is 10.6. The van der Waals surface area contributed by atoms with Gasteiger partial charge in [0.1, 0.15) is 11.6 Å². The molecule has 2 aromatic carbocycles. The van der Waals surface area contributed by atoms with Crippen LogP contribution in [0.25, 0.3) is 11.8 Å². The van der Waals surface area contributed by atoms with Crippen molar-refractivity contribution in [3.05, 3.63) is 83.2 Å². The Kier molecular flexibility index (Phi) is 7.43. The monoisotopic (exact) mass is 521 g/mol. The van der Waals surface area contributed by atoms with Crippen molar-refractivity contribution in [2.24, 2.45) is 5.16 Å². The summed E-state index contributed by atoms with van der Waals surface area (Å²) < 4.78 is 21.3. The van der Waals surface area contributed by atoms with Gasteiger partial charge in [0, 0.05) is 25.4 Å². The number of hydrogen-bond acceptors (Lipinski definition) is 6. The lowest BCUT2D eigenvalue weighted by molar-refractivity contribution is -0.118. The first kappa shape index (κ1) is 26.7. The third-order valence-corrected chi connectivity index (χ3v) is 6.70. The lowest BCUT2D eigenvalue weighted by Gasteiger charge is -2.41. The molecule has 0 unspecified atom stereocenters. The maximum absolute atomic E-state index is 13.7. The smallest absolute Gasteiger partial charge is 0.407 e. The van der Waals surface area contributed by atoms with Crippen molar-refractivity contribution in [2.45, 2.75) is 32.9 Å². The molecule has 1 atom stereocenters. The Bertz CT molecular complexity index is 1380. The molecular formula is C28H32FN5O4. The molecule has 0 radical (unpaired) electrons. The number of likely N-dealkylation sites (N-methyl/N-ethyl adjacent to an activating group) is 1. The van der Waals surface area contributed by atoms with Crippen LogP contribution in [0, 0.1) is 12.7 Å². The molecule has 3 heterocycles. The Morgan fingerprint density at radius 2 is 2.05 bits per heavy atom. The maximum Gasteiger partial charge on any atom is 0.407 e. The van der Waals surface area contributed by atoms with E-state index in [1.54, 1.807) is 25.6 Å². The van der Waals surface area contributed by atoms with E-state index in [-0.39, 0.29) is 19.8 Å². The minimum absolute atomic E-state index is 0. The standard InChI is InChI=1S/C27H28FN5O4.CH4/c1-18-15-32(17-29-18)23-11-6-19(14-24(23)36-3)13-20-5-4-12-33-25(20)30-37-27(33,16-31(2)26(34)35)21-7-9-22(28)10-8-21;/h6-11,13-15,17H,4-5,12,16H2,1-3H3,(H,34,35);1H4/b20-13+;/t27-;/m1./s1. The summed E-state index contributed by atoms with van der Waals surface area (Å²) in [6.07, 6.45) is 6.23. The zero-order valence-corrected chi connectivity index (χ0v) is 20.9. The van der Waals surface area contributed by atoms with Gasteiger partial charge in [-0.1, -0.05) is 18.6 Å². The fourth-order valence-corrected chi connectivity index (χ4v) is 4.85. The summed E-state index contributed by atoms with van der Waals surface area (Å²) in [6, 6.07) is 11.8. The van der Waals surface area contributed by atoms with Gasteiger partial charge in [-0.05, 0) is 73.4 Å². The number of fused-ring (bicyclic) bond motifs is 1. The summed E-state index contributed by atoms with van der Waals surface area (Å²) in [5, 5.41) is 14.0. The van der Waals surface area contributed by atoms with Gasteiger partial charge in [-0.15, -0.1) is 0 Å². The van der Waals surface area contributed by atoms with E-state index < -0.39 is 11.8 Å². The number of nitrogens with zero attached hydrogens (tertiary/aromatic N) is 5. The largest absolute Gasteiger partial charge is 0.495 e. The molecule has 0 bridgehead atoms. The van der Waals surface area contributed by atoms with Crippen molar-refractivity contribution < 1.29 is 23.9 Å². The van der Waals surface area contributed by atoms with Crippen molar-refractivity contribution in [1.82, 2.24) is 19.4 Å². The van der Waals surface area contributed by atoms with Crippen molar-refractivity contribution in [3.63, 3.8) is 0 Å². The number of carboxylic acid groups (broad SMARTS) is 1. The average Bonchev–Trinajstić information content (AvgIpc) is 3.49. The number of aryl methyl sites for hydroxylation is 1. The average molecular weight is 522 g/mol. The lowest BCUT2D eigenvalue weighted by atomic mass is 9.94. The van der Waals surface area contributed by atoms with Crippen LogP contribution in [0.3, 0.4) is 0 Å². The van der Waals surface area contributed by atoms with E-state index in [1.165, 1.54) is 19.2 Å². The van der Waals surface area contributed by atoms with Gasteiger partial charge in [0.15, 0.2) is 5.84 Å². The molecule has 38 heavy (non-hydrogen) atoms. The Hall–Kier alpha value is -4.34. The summed E-state index contributed by atoms with van der Waals surface area (Å²) in [5.74, 6) is 0.961. The first-order valence-electron chi connectivity index (χ1n) is 11.9. The Balaban J connectivity index is 0.00000336. The molecular weight excluding hydrogens is 489 g/mol. The predicted octanol–water partition coefficient (Wildman–Crippen LogP) is 5.25. The fraction of sp³-hybridized carbons (Fsp3) is 0.321. The summed E-state index contributed by atoms with van der Waals surface area (Å²) in [4.78, 5) is 25.2. The third kappa shape index (κ3) is 4.81. The Morgan fingerprint density at radius 3 is 2.71 bits per heavy atom. The van der Waals surface area contributed by atoms with Gasteiger partial charge in [0.2, 0.25) is 0 Å². The molecule has 5 rings (SSSR count). The molecule has 2 aliphatic rings. The highest BCUT2D eigenvalue weighted by Gasteiger charge is 2.50. The summed E-state index contributed by atoms with van der Waals surface area (Å²) in [6.45, 7) is 2.55. The summed E-state index contributed by atoms with van der Waals surface area (Å²) >= 11 is 0. The van der Waals surface area contributed by atoms with Crippen molar-refractivity contribution in [3.8, 4) is 11.4 Å². The van der Waals surface area contributed by atoms with Crippen LogP contribution in [-0.2, 0) is 10.6 Å². The molecule has 1 N–H and O–H groups in total. The zero-order chi connectivity index (χ0) is 26.2.